The molecule has 0 saturated heterocycles. The van der Waals surface area contributed by atoms with E-state index in [-0.39, 0.29) is 24.4 Å². The number of ketones is 1. The van der Waals surface area contributed by atoms with Crippen LogP contribution >= 0.6 is 0 Å². The molecule has 4 nitrogen and oxygen atoms in total. The summed E-state index contributed by atoms with van der Waals surface area (Å²) in [7, 11) is 0. The zero-order valence-corrected chi connectivity index (χ0v) is 15.3. The Labute approximate surface area is 142 Å². The van der Waals surface area contributed by atoms with Crippen LogP contribution in [-0.2, 0) is 14.3 Å². The summed E-state index contributed by atoms with van der Waals surface area (Å²) in [4.78, 5) is 22.9. The maximum absolute atomic E-state index is 11.8. The third-order valence-corrected chi connectivity index (χ3v) is 4.20. The monoisotopic (exact) mass is 327 g/mol. The van der Waals surface area contributed by atoms with Gasteiger partial charge in [-0.15, -0.1) is 0 Å². The second-order valence-electron chi connectivity index (χ2n) is 6.38. The highest BCUT2D eigenvalue weighted by atomic mass is 16.5. The molecule has 0 fully saturated rings. The van der Waals surface area contributed by atoms with Gasteiger partial charge in [-0.2, -0.15) is 0 Å². The van der Waals surface area contributed by atoms with E-state index < -0.39 is 0 Å². The average Bonchev–Trinajstić information content (AvgIpc) is 2.56. The maximum Gasteiger partial charge on any atom is 0.306 e. The van der Waals surface area contributed by atoms with Crippen molar-refractivity contribution >= 4 is 11.8 Å². The van der Waals surface area contributed by atoms with Crippen molar-refractivity contribution in [1.29, 1.82) is 0 Å². The second-order valence-corrected chi connectivity index (χ2v) is 6.38. The van der Waals surface area contributed by atoms with Crippen LogP contribution in [0.3, 0.4) is 0 Å². The number of unbranched alkanes of at least 4 members (excludes halogenated alkanes) is 7. The topological polar surface area (TPSA) is 69.4 Å². The summed E-state index contributed by atoms with van der Waals surface area (Å²) in [6.45, 7) is 4.44. The number of nitrogens with two attached hydrogens (primary N) is 1. The number of carbonyl (C=O) groups is 2. The fourth-order valence-corrected chi connectivity index (χ4v) is 2.61. The van der Waals surface area contributed by atoms with Gasteiger partial charge in [-0.05, 0) is 32.1 Å². The Morgan fingerprint density at radius 2 is 1.48 bits per heavy atom. The summed E-state index contributed by atoms with van der Waals surface area (Å²) < 4.78 is 5.56. The molecule has 136 valence electrons. The van der Waals surface area contributed by atoms with Gasteiger partial charge in [0.05, 0.1) is 6.54 Å². The lowest BCUT2D eigenvalue weighted by Crippen LogP contribution is -2.17. The highest BCUT2D eigenvalue weighted by molar-refractivity contribution is 5.80. The van der Waals surface area contributed by atoms with E-state index in [2.05, 4.69) is 13.8 Å². The Morgan fingerprint density at radius 1 is 0.870 bits per heavy atom. The molecule has 0 aliphatic heterocycles. The molecule has 1 unspecified atom stereocenters. The van der Waals surface area contributed by atoms with Crippen molar-refractivity contribution in [3.05, 3.63) is 0 Å². The molecule has 4 heteroatoms. The molecular formula is C19H37NO3. The Hall–Kier alpha value is -0.900. The summed E-state index contributed by atoms with van der Waals surface area (Å²) in [5, 5.41) is 0. The van der Waals surface area contributed by atoms with E-state index in [9.17, 15) is 9.59 Å². The summed E-state index contributed by atoms with van der Waals surface area (Å²) in [6.07, 6.45) is 12.9. The second kappa shape index (κ2) is 16.0. The summed E-state index contributed by atoms with van der Waals surface area (Å²) >= 11 is 0. The predicted octanol–water partition coefficient (Wildman–Crippen LogP) is 4.54. The van der Waals surface area contributed by atoms with Gasteiger partial charge in [0.25, 0.3) is 0 Å². The molecule has 1 atom stereocenters. The highest BCUT2D eigenvalue weighted by Gasteiger charge is 2.11. The van der Waals surface area contributed by atoms with Gasteiger partial charge < -0.3 is 10.5 Å². The molecule has 23 heavy (non-hydrogen) atoms. The lowest BCUT2D eigenvalue weighted by molar-refractivity contribution is -0.149. The molecule has 0 rings (SSSR count). The average molecular weight is 328 g/mol. The Morgan fingerprint density at radius 3 is 2.09 bits per heavy atom. The SMILES string of the molecule is CCCCCCC(CC)OC(=O)CCCCCCCC(=O)CN. The lowest BCUT2D eigenvalue weighted by atomic mass is 10.1. The van der Waals surface area contributed by atoms with E-state index >= 15 is 0 Å². The number of ether oxygens (including phenoxy) is 1. The molecule has 0 aromatic heterocycles. The van der Waals surface area contributed by atoms with E-state index in [0.29, 0.717) is 12.8 Å². The molecule has 0 aromatic rings. The van der Waals surface area contributed by atoms with Gasteiger partial charge in [0.2, 0.25) is 0 Å². The Balaban J connectivity index is 3.55. The van der Waals surface area contributed by atoms with E-state index in [1.807, 2.05) is 0 Å². The molecule has 2 N–H and O–H groups in total. The van der Waals surface area contributed by atoms with Gasteiger partial charge in [-0.25, -0.2) is 0 Å². The first-order valence-corrected chi connectivity index (χ1v) is 9.55. The zero-order valence-electron chi connectivity index (χ0n) is 15.3. The van der Waals surface area contributed by atoms with Gasteiger partial charge in [0.15, 0.2) is 0 Å². The molecule has 0 aliphatic rings. The van der Waals surface area contributed by atoms with Crippen molar-refractivity contribution in [2.75, 3.05) is 6.54 Å². The number of hydrogen-bond acceptors (Lipinski definition) is 4. The third kappa shape index (κ3) is 14.4. The highest BCUT2D eigenvalue weighted by Crippen LogP contribution is 2.13. The first-order valence-electron chi connectivity index (χ1n) is 9.55. The van der Waals surface area contributed by atoms with E-state index in [1.165, 1.54) is 19.3 Å². The molecular weight excluding hydrogens is 290 g/mol. The van der Waals surface area contributed by atoms with Crippen molar-refractivity contribution in [3.63, 3.8) is 0 Å². The summed E-state index contributed by atoms with van der Waals surface area (Å²) in [5.74, 6) is 0.0868. The summed E-state index contributed by atoms with van der Waals surface area (Å²) in [5.41, 5.74) is 5.26. The van der Waals surface area contributed by atoms with Crippen LogP contribution in [0.4, 0.5) is 0 Å². The number of esters is 1. The van der Waals surface area contributed by atoms with E-state index in [1.54, 1.807) is 0 Å². The summed E-state index contributed by atoms with van der Waals surface area (Å²) in [6, 6.07) is 0. The minimum atomic E-state index is -0.0503. The molecule has 0 heterocycles. The minimum absolute atomic E-state index is 0.0503. The number of Topliss-reactive ketones (excluding diaryl/α,β-unsaturated/α-hetero) is 1. The van der Waals surface area contributed by atoms with Crippen LogP contribution < -0.4 is 5.73 Å². The van der Waals surface area contributed by atoms with Crippen LogP contribution in [-0.4, -0.2) is 24.4 Å². The van der Waals surface area contributed by atoms with Gasteiger partial charge in [0.1, 0.15) is 11.9 Å². The molecule has 0 amide bonds. The zero-order chi connectivity index (χ0) is 17.3. The normalized spacial score (nSPS) is 12.1. The molecule has 0 bridgehead atoms. The van der Waals surface area contributed by atoms with Crippen LogP contribution in [0.25, 0.3) is 0 Å². The predicted molar refractivity (Wildman–Crippen MR) is 95.3 cm³/mol. The minimum Gasteiger partial charge on any atom is -0.462 e. The first-order chi connectivity index (χ1) is 11.1. The van der Waals surface area contributed by atoms with E-state index in [4.69, 9.17) is 10.5 Å². The Bertz CT molecular complexity index is 305. The largest absolute Gasteiger partial charge is 0.462 e. The van der Waals surface area contributed by atoms with Crippen molar-refractivity contribution < 1.29 is 14.3 Å². The fourth-order valence-electron chi connectivity index (χ4n) is 2.61. The quantitative estimate of drug-likeness (QED) is 0.334. The first kappa shape index (κ1) is 22.1. The van der Waals surface area contributed by atoms with Crippen molar-refractivity contribution in [2.24, 2.45) is 5.73 Å². The number of rotatable bonds is 16. The van der Waals surface area contributed by atoms with Crippen LogP contribution in [0.5, 0.6) is 0 Å². The number of carbonyl (C=O) groups excluding carboxylic acids is 2. The molecule has 0 spiro atoms. The maximum atomic E-state index is 11.8. The standard InChI is InChI=1S/C19H37NO3/c1-3-5-6-11-14-18(4-2)23-19(22)15-12-9-7-8-10-13-17(21)16-20/h18H,3-16,20H2,1-2H3. The smallest absolute Gasteiger partial charge is 0.306 e. The Kier molecular flexibility index (Phi) is 15.4. The lowest BCUT2D eigenvalue weighted by Gasteiger charge is -2.16. The molecule has 0 aliphatic carbocycles. The van der Waals surface area contributed by atoms with Crippen LogP contribution in [0.1, 0.15) is 97.3 Å². The van der Waals surface area contributed by atoms with Crippen molar-refractivity contribution in [3.8, 4) is 0 Å². The molecule has 0 radical (unpaired) electrons. The van der Waals surface area contributed by atoms with Crippen LogP contribution in [0.15, 0.2) is 0 Å². The van der Waals surface area contributed by atoms with Crippen LogP contribution in [0, 0.1) is 0 Å². The number of hydrogen-bond donors (Lipinski definition) is 1. The van der Waals surface area contributed by atoms with Crippen molar-refractivity contribution in [2.45, 2.75) is 103 Å². The van der Waals surface area contributed by atoms with E-state index in [0.717, 1.165) is 51.4 Å². The van der Waals surface area contributed by atoms with Gasteiger partial charge in [0, 0.05) is 12.8 Å². The van der Waals surface area contributed by atoms with Crippen LogP contribution in [0.2, 0.25) is 0 Å². The van der Waals surface area contributed by atoms with Crippen molar-refractivity contribution in [1.82, 2.24) is 0 Å². The molecule has 0 aromatic carbocycles. The third-order valence-electron chi connectivity index (χ3n) is 4.20. The van der Waals surface area contributed by atoms with Gasteiger partial charge >= 0.3 is 5.97 Å². The van der Waals surface area contributed by atoms with Gasteiger partial charge in [-0.1, -0.05) is 52.4 Å². The molecule has 0 saturated carbocycles. The van der Waals surface area contributed by atoms with Gasteiger partial charge in [-0.3, -0.25) is 9.59 Å². The fraction of sp³-hybridized carbons (Fsp3) is 0.895.